The molecule has 0 amide bonds. The van der Waals surface area contributed by atoms with Gasteiger partial charge < -0.3 is 4.98 Å². The molecule has 0 aliphatic rings. The van der Waals surface area contributed by atoms with Crippen LogP contribution in [0.3, 0.4) is 0 Å². The van der Waals surface area contributed by atoms with Gasteiger partial charge in [0.25, 0.3) is 0 Å². The smallest absolute Gasteiger partial charge is 0.346 e. The molecule has 0 unspecified atom stereocenters. The van der Waals surface area contributed by atoms with E-state index in [4.69, 9.17) is 0 Å². The lowest BCUT2D eigenvalue weighted by Crippen LogP contribution is -2.06. The third-order valence-corrected chi connectivity index (χ3v) is 2.69. The fraction of sp³-hybridized carbons (Fsp3) is 0.0833. The summed E-state index contributed by atoms with van der Waals surface area (Å²) in [6, 6.07) is 1.94. The molecular formula is C12H5F6NS. The minimum absolute atomic E-state index is 0.252. The van der Waals surface area contributed by atoms with Gasteiger partial charge in [-0.15, -0.1) is 0 Å². The molecule has 2 aromatic rings. The lowest BCUT2D eigenvalue weighted by molar-refractivity contribution is -0.137. The number of nitrogens with one attached hydrogen (secondary N) is 1. The molecule has 1 aromatic heterocycles. The standard InChI is InChI=1S/C12H5F6NS/c13-7-4-9(15)8(14)3-6(7)10-1-5(12(16,17)18)2-11(20)19-10/h1-4H,(H,19,20). The number of hydrogen-bond acceptors (Lipinski definition) is 1. The quantitative estimate of drug-likeness (QED) is 0.452. The minimum Gasteiger partial charge on any atom is -0.346 e. The molecule has 1 heterocycles. The zero-order valence-electron chi connectivity index (χ0n) is 9.49. The molecule has 20 heavy (non-hydrogen) atoms. The maximum absolute atomic E-state index is 13.5. The second kappa shape index (κ2) is 4.93. The number of aromatic nitrogens is 1. The molecule has 1 aromatic carbocycles. The van der Waals surface area contributed by atoms with Crippen LogP contribution in [0.15, 0.2) is 24.3 Å². The molecule has 0 aliphatic heterocycles. The average Bonchev–Trinajstić information content (AvgIpc) is 2.32. The van der Waals surface area contributed by atoms with Gasteiger partial charge >= 0.3 is 6.18 Å². The van der Waals surface area contributed by atoms with Crippen LogP contribution in [0, 0.1) is 22.1 Å². The zero-order chi connectivity index (χ0) is 15.1. The van der Waals surface area contributed by atoms with Crippen LogP contribution in [0.2, 0.25) is 0 Å². The fourth-order valence-corrected chi connectivity index (χ4v) is 1.82. The van der Waals surface area contributed by atoms with Crippen molar-refractivity contribution in [1.29, 1.82) is 0 Å². The summed E-state index contributed by atoms with van der Waals surface area (Å²) >= 11 is 4.61. The summed E-state index contributed by atoms with van der Waals surface area (Å²) in [7, 11) is 0. The van der Waals surface area contributed by atoms with Gasteiger partial charge in [0.05, 0.1) is 11.3 Å². The van der Waals surface area contributed by atoms with Crippen LogP contribution in [0.5, 0.6) is 0 Å². The number of aromatic amines is 1. The number of alkyl halides is 3. The Morgan fingerprint density at radius 2 is 1.45 bits per heavy atom. The molecule has 8 heteroatoms. The van der Waals surface area contributed by atoms with Gasteiger partial charge in [0, 0.05) is 11.6 Å². The van der Waals surface area contributed by atoms with E-state index in [1.54, 1.807) is 0 Å². The first-order valence-corrected chi connectivity index (χ1v) is 5.56. The van der Waals surface area contributed by atoms with Crippen molar-refractivity contribution in [3.63, 3.8) is 0 Å². The molecule has 0 saturated heterocycles. The van der Waals surface area contributed by atoms with Crippen molar-refractivity contribution >= 4 is 12.2 Å². The van der Waals surface area contributed by atoms with Crippen molar-refractivity contribution in [3.05, 3.63) is 51.9 Å². The van der Waals surface area contributed by atoms with Gasteiger partial charge in [0.1, 0.15) is 10.5 Å². The highest BCUT2D eigenvalue weighted by molar-refractivity contribution is 7.71. The summed E-state index contributed by atoms with van der Waals surface area (Å²) in [4.78, 5) is 2.31. The molecule has 2 rings (SSSR count). The van der Waals surface area contributed by atoms with Gasteiger partial charge in [0.15, 0.2) is 11.6 Å². The van der Waals surface area contributed by atoms with Crippen molar-refractivity contribution in [3.8, 4) is 11.3 Å². The monoisotopic (exact) mass is 309 g/mol. The summed E-state index contributed by atoms with van der Waals surface area (Å²) in [6.07, 6.45) is -4.69. The van der Waals surface area contributed by atoms with Crippen molar-refractivity contribution in [2.45, 2.75) is 6.18 Å². The average molecular weight is 309 g/mol. The van der Waals surface area contributed by atoms with E-state index in [1.165, 1.54) is 0 Å². The Labute approximate surface area is 113 Å². The molecule has 0 aliphatic carbocycles. The Morgan fingerprint density at radius 1 is 0.850 bits per heavy atom. The van der Waals surface area contributed by atoms with E-state index in [-0.39, 0.29) is 16.4 Å². The highest BCUT2D eigenvalue weighted by atomic mass is 32.1. The second-order valence-corrected chi connectivity index (χ2v) is 4.33. The number of benzene rings is 1. The van der Waals surface area contributed by atoms with Gasteiger partial charge in [-0.3, -0.25) is 0 Å². The number of pyridine rings is 1. The number of halogens is 6. The highest BCUT2D eigenvalue weighted by Gasteiger charge is 2.31. The predicted molar refractivity (Wildman–Crippen MR) is 61.9 cm³/mol. The van der Waals surface area contributed by atoms with Crippen LogP contribution < -0.4 is 0 Å². The Hall–Kier alpha value is -1.83. The fourth-order valence-electron chi connectivity index (χ4n) is 1.58. The number of rotatable bonds is 1. The summed E-state index contributed by atoms with van der Waals surface area (Å²) in [5.74, 6) is -4.01. The van der Waals surface area contributed by atoms with E-state index < -0.39 is 34.8 Å². The van der Waals surface area contributed by atoms with Crippen LogP contribution in [-0.4, -0.2) is 4.98 Å². The first kappa shape index (κ1) is 14.6. The molecule has 1 N–H and O–H groups in total. The van der Waals surface area contributed by atoms with Crippen molar-refractivity contribution in [1.82, 2.24) is 4.98 Å². The van der Waals surface area contributed by atoms with Crippen molar-refractivity contribution in [2.24, 2.45) is 0 Å². The number of H-pyrrole nitrogens is 1. The third kappa shape index (κ3) is 2.84. The van der Waals surface area contributed by atoms with Crippen LogP contribution in [0.1, 0.15) is 5.56 Å². The minimum atomic E-state index is -4.69. The summed E-state index contributed by atoms with van der Waals surface area (Å²) in [6.45, 7) is 0. The van der Waals surface area contributed by atoms with E-state index >= 15 is 0 Å². The Kier molecular flexibility index (Phi) is 3.59. The Balaban J connectivity index is 2.68. The van der Waals surface area contributed by atoms with Gasteiger partial charge in [-0.05, 0) is 18.2 Å². The maximum atomic E-state index is 13.5. The zero-order valence-corrected chi connectivity index (χ0v) is 10.3. The Bertz CT molecular complexity index is 719. The molecule has 0 bridgehead atoms. The topological polar surface area (TPSA) is 15.8 Å². The highest BCUT2D eigenvalue weighted by Crippen LogP contribution is 2.32. The van der Waals surface area contributed by atoms with E-state index in [9.17, 15) is 26.3 Å². The maximum Gasteiger partial charge on any atom is 0.416 e. The molecular weight excluding hydrogens is 304 g/mol. The van der Waals surface area contributed by atoms with Gasteiger partial charge in [0.2, 0.25) is 0 Å². The van der Waals surface area contributed by atoms with Gasteiger partial charge in [-0.2, -0.15) is 13.2 Å². The molecule has 0 saturated carbocycles. The third-order valence-electron chi connectivity index (χ3n) is 2.47. The molecule has 0 atom stereocenters. The molecule has 0 fully saturated rings. The van der Waals surface area contributed by atoms with Crippen LogP contribution in [0.4, 0.5) is 26.3 Å². The second-order valence-electron chi connectivity index (χ2n) is 3.89. The van der Waals surface area contributed by atoms with E-state index in [1.807, 2.05) is 0 Å². The molecule has 106 valence electrons. The first-order valence-electron chi connectivity index (χ1n) is 5.15. The predicted octanol–water partition coefficient (Wildman–Crippen LogP) is 4.85. The molecule has 1 nitrogen and oxygen atoms in total. The number of hydrogen-bond donors (Lipinski definition) is 1. The van der Waals surface area contributed by atoms with Crippen molar-refractivity contribution in [2.75, 3.05) is 0 Å². The van der Waals surface area contributed by atoms with Gasteiger partial charge in [-0.1, -0.05) is 12.2 Å². The van der Waals surface area contributed by atoms with E-state index in [0.29, 0.717) is 18.2 Å². The summed E-state index contributed by atoms with van der Waals surface area (Å²) < 4.78 is 77.0. The van der Waals surface area contributed by atoms with Crippen LogP contribution in [-0.2, 0) is 6.18 Å². The molecule has 0 spiro atoms. The lowest BCUT2D eigenvalue weighted by Gasteiger charge is -2.10. The van der Waals surface area contributed by atoms with Gasteiger partial charge in [-0.25, -0.2) is 13.2 Å². The first-order chi connectivity index (χ1) is 9.18. The summed E-state index contributed by atoms with van der Waals surface area (Å²) in [5.41, 5.74) is -2.04. The van der Waals surface area contributed by atoms with E-state index in [2.05, 4.69) is 17.2 Å². The SMILES string of the molecule is Fc1cc(F)c(-c2cc(C(F)(F)F)cc(=S)[nH]2)cc1F. The summed E-state index contributed by atoms with van der Waals surface area (Å²) in [5, 5.41) is 0. The van der Waals surface area contributed by atoms with E-state index in [0.717, 1.165) is 0 Å². The lowest BCUT2D eigenvalue weighted by atomic mass is 10.1. The van der Waals surface area contributed by atoms with Crippen LogP contribution >= 0.6 is 12.2 Å². The van der Waals surface area contributed by atoms with Crippen molar-refractivity contribution < 1.29 is 26.3 Å². The normalized spacial score (nSPS) is 11.7. The molecule has 0 radical (unpaired) electrons. The van der Waals surface area contributed by atoms with Crippen LogP contribution in [0.25, 0.3) is 11.3 Å². The Morgan fingerprint density at radius 3 is 2.05 bits per heavy atom. The largest absolute Gasteiger partial charge is 0.416 e.